The Bertz CT molecular complexity index is 1690. The van der Waals surface area contributed by atoms with Crippen LogP contribution in [0.25, 0.3) is 0 Å². The van der Waals surface area contributed by atoms with Gasteiger partial charge in [0, 0.05) is 6.42 Å². The van der Waals surface area contributed by atoms with Gasteiger partial charge in [-0.3, -0.25) is 0 Å². The van der Waals surface area contributed by atoms with Crippen LogP contribution in [0.15, 0.2) is 72.8 Å². The molecule has 0 radical (unpaired) electrons. The van der Waals surface area contributed by atoms with Crippen molar-refractivity contribution in [1.82, 2.24) is 0 Å². The fraction of sp³-hybridized carbons (Fsp3) is 0.667. The Balaban J connectivity index is 0.881. The third kappa shape index (κ3) is 11.7. The van der Waals surface area contributed by atoms with Crippen LogP contribution in [0.4, 0.5) is 0 Å². The number of benzene rings is 2. The third-order valence-electron chi connectivity index (χ3n) is 15.6. The lowest BCUT2D eigenvalue weighted by Crippen LogP contribution is -2.51. The molecule has 2 aromatic carbocycles. The summed E-state index contributed by atoms with van der Waals surface area (Å²) < 4.78 is 23.3. The molecule has 0 amide bonds. The predicted molar refractivity (Wildman–Crippen MR) is 244 cm³/mol. The Morgan fingerprint density at radius 3 is 2.05 bits per heavy atom. The number of hydrogen-bond acceptors (Lipinski definition) is 6. The third-order valence-corrected chi connectivity index (χ3v) is 15.6. The first-order valence-corrected chi connectivity index (χ1v) is 24.2. The molecular formula is C54H78O6. The summed E-state index contributed by atoms with van der Waals surface area (Å²) in [5, 5.41) is 0. The van der Waals surface area contributed by atoms with E-state index in [9.17, 15) is 9.59 Å². The second-order valence-corrected chi connectivity index (χ2v) is 20.0. The zero-order valence-corrected chi connectivity index (χ0v) is 38.0. The Morgan fingerprint density at radius 1 is 0.717 bits per heavy atom. The number of carbonyl (C=O) groups is 2. The van der Waals surface area contributed by atoms with Crippen LogP contribution in [0.3, 0.4) is 0 Å². The average Bonchev–Trinajstić information content (AvgIpc) is 3.60. The van der Waals surface area contributed by atoms with Crippen LogP contribution in [0.5, 0.6) is 11.5 Å². The topological polar surface area (TPSA) is 71.1 Å². The van der Waals surface area contributed by atoms with Gasteiger partial charge in [-0.05, 0) is 159 Å². The van der Waals surface area contributed by atoms with Crippen molar-refractivity contribution in [3.8, 4) is 11.5 Å². The molecule has 6 rings (SSSR count). The van der Waals surface area contributed by atoms with Crippen LogP contribution >= 0.6 is 0 Å². The van der Waals surface area contributed by atoms with Gasteiger partial charge in [-0.2, -0.15) is 0 Å². The fourth-order valence-electron chi connectivity index (χ4n) is 12.2. The number of esters is 2. The van der Waals surface area contributed by atoms with Gasteiger partial charge >= 0.3 is 11.9 Å². The van der Waals surface area contributed by atoms with E-state index >= 15 is 0 Å². The summed E-state index contributed by atoms with van der Waals surface area (Å²) in [5.74, 6) is 5.61. The summed E-state index contributed by atoms with van der Waals surface area (Å²) >= 11 is 0. The first kappa shape index (κ1) is 46.0. The molecule has 1 unspecified atom stereocenters. The van der Waals surface area contributed by atoms with Gasteiger partial charge in [-0.15, -0.1) is 6.58 Å². The molecule has 4 aliphatic rings. The molecule has 3 fully saturated rings. The molecule has 0 saturated heterocycles. The standard InChI is InChI=1S/C54H78O6/c1-7-8-9-10-11-12-13-14-15-35-57-44-24-19-41(20-25-44)51(55)59-37-36-58-45-26-21-42(22-27-45)52(56)60-46-31-33-53(5)43(38-46)23-28-47-49-30-29-48(40(4)18-16-17-39(2)3)54(49,6)34-32-50(47)53/h7,19-27,39-40,46-50H,1,8-18,28-38H2,2-6H3/t40-,46?,47+,48-,49+,50+,53+,54-/m1/s1. The van der Waals surface area contributed by atoms with Crippen molar-refractivity contribution in [2.45, 2.75) is 163 Å². The SMILES string of the molecule is C=CCCCCCCCCCOc1ccc(C(=O)OCCOc2ccc(C(=O)OC3CC[C@@]4(C)C(=CC[C@H]5[C@@H]6CC[C@H]([C@H](C)CCCC(C)C)[C@@]6(C)CC[C@@H]54)C3)cc2)cc1. The second kappa shape index (κ2) is 22.0. The first-order chi connectivity index (χ1) is 29.0. The molecule has 4 aliphatic carbocycles. The first-order valence-electron chi connectivity index (χ1n) is 24.2. The Labute approximate surface area is 363 Å². The number of rotatable bonds is 23. The van der Waals surface area contributed by atoms with E-state index in [-0.39, 0.29) is 30.7 Å². The summed E-state index contributed by atoms with van der Waals surface area (Å²) in [7, 11) is 0. The molecule has 0 heterocycles. The Morgan fingerprint density at radius 2 is 1.37 bits per heavy atom. The highest BCUT2D eigenvalue weighted by atomic mass is 16.6. The largest absolute Gasteiger partial charge is 0.494 e. The highest BCUT2D eigenvalue weighted by Gasteiger charge is 2.59. The summed E-state index contributed by atoms with van der Waals surface area (Å²) in [4.78, 5) is 25.9. The van der Waals surface area contributed by atoms with E-state index in [4.69, 9.17) is 18.9 Å². The van der Waals surface area contributed by atoms with E-state index in [0.717, 1.165) is 73.4 Å². The van der Waals surface area contributed by atoms with Crippen LogP contribution in [0, 0.1) is 46.3 Å². The maximum atomic E-state index is 13.3. The Hall–Kier alpha value is -3.54. The summed E-state index contributed by atoms with van der Waals surface area (Å²) in [6.07, 6.45) is 28.0. The van der Waals surface area contributed by atoms with Gasteiger partial charge in [0.25, 0.3) is 0 Å². The van der Waals surface area contributed by atoms with E-state index in [1.54, 1.807) is 42.0 Å². The van der Waals surface area contributed by atoms with Gasteiger partial charge < -0.3 is 18.9 Å². The number of fused-ring (bicyclic) bond motifs is 5. The van der Waals surface area contributed by atoms with Gasteiger partial charge in [-0.25, -0.2) is 9.59 Å². The van der Waals surface area contributed by atoms with E-state index in [1.807, 2.05) is 18.2 Å². The maximum Gasteiger partial charge on any atom is 0.338 e. The molecule has 6 heteroatoms. The molecule has 3 saturated carbocycles. The van der Waals surface area contributed by atoms with E-state index in [1.165, 1.54) is 89.9 Å². The molecule has 0 aromatic heterocycles. The Kier molecular flexibility index (Phi) is 16.9. The summed E-state index contributed by atoms with van der Waals surface area (Å²) in [5.41, 5.74) is 3.27. The predicted octanol–water partition coefficient (Wildman–Crippen LogP) is 14.2. The van der Waals surface area contributed by atoms with Crippen molar-refractivity contribution in [2.24, 2.45) is 46.3 Å². The van der Waals surface area contributed by atoms with Gasteiger partial charge in [-0.1, -0.05) is 104 Å². The fourth-order valence-corrected chi connectivity index (χ4v) is 12.2. The van der Waals surface area contributed by atoms with Gasteiger partial charge in [0.05, 0.1) is 17.7 Å². The monoisotopic (exact) mass is 823 g/mol. The minimum Gasteiger partial charge on any atom is -0.494 e. The van der Waals surface area contributed by atoms with Crippen LogP contribution in [0.2, 0.25) is 0 Å². The quantitative estimate of drug-likeness (QED) is 0.0632. The number of ether oxygens (including phenoxy) is 4. The smallest absolute Gasteiger partial charge is 0.338 e. The number of allylic oxidation sites excluding steroid dienone is 2. The molecule has 0 aliphatic heterocycles. The summed E-state index contributed by atoms with van der Waals surface area (Å²) in [6.45, 7) is 17.3. The van der Waals surface area contributed by atoms with Crippen molar-refractivity contribution >= 4 is 11.9 Å². The highest BCUT2D eigenvalue weighted by Crippen LogP contribution is 2.67. The molecule has 8 atom stereocenters. The van der Waals surface area contributed by atoms with E-state index < -0.39 is 5.97 Å². The zero-order valence-electron chi connectivity index (χ0n) is 38.0. The minimum absolute atomic E-state index is 0.0819. The molecular weight excluding hydrogens is 745 g/mol. The lowest BCUT2D eigenvalue weighted by atomic mass is 9.47. The average molecular weight is 823 g/mol. The van der Waals surface area contributed by atoms with Crippen molar-refractivity contribution < 1.29 is 28.5 Å². The normalized spacial score (nSPS) is 27.5. The lowest BCUT2D eigenvalue weighted by Gasteiger charge is -2.58. The van der Waals surface area contributed by atoms with Gasteiger partial charge in [0.15, 0.2) is 0 Å². The molecule has 6 nitrogen and oxygen atoms in total. The van der Waals surface area contributed by atoms with Gasteiger partial charge in [0.2, 0.25) is 0 Å². The van der Waals surface area contributed by atoms with Crippen LogP contribution in [-0.4, -0.2) is 37.9 Å². The van der Waals surface area contributed by atoms with Crippen LogP contribution in [0.1, 0.15) is 177 Å². The van der Waals surface area contributed by atoms with Crippen LogP contribution in [-0.2, 0) is 9.47 Å². The van der Waals surface area contributed by atoms with Crippen molar-refractivity contribution in [2.75, 3.05) is 19.8 Å². The van der Waals surface area contributed by atoms with Crippen LogP contribution < -0.4 is 9.47 Å². The van der Waals surface area contributed by atoms with Crippen molar-refractivity contribution in [3.05, 3.63) is 84.0 Å². The molecule has 0 bridgehead atoms. The molecule has 330 valence electrons. The van der Waals surface area contributed by atoms with Crippen molar-refractivity contribution in [1.29, 1.82) is 0 Å². The van der Waals surface area contributed by atoms with Gasteiger partial charge in [0.1, 0.15) is 30.8 Å². The second-order valence-electron chi connectivity index (χ2n) is 20.0. The molecule has 0 spiro atoms. The summed E-state index contributed by atoms with van der Waals surface area (Å²) in [6, 6.07) is 14.2. The minimum atomic E-state index is -0.398. The highest BCUT2D eigenvalue weighted by molar-refractivity contribution is 5.90. The lowest BCUT2D eigenvalue weighted by molar-refractivity contribution is -0.0594. The van der Waals surface area contributed by atoms with E-state index in [0.29, 0.717) is 28.9 Å². The molecule has 60 heavy (non-hydrogen) atoms. The molecule has 0 N–H and O–H groups in total. The van der Waals surface area contributed by atoms with E-state index in [2.05, 4.69) is 47.3 Å². The maximum absolute atomic E-state index is 13.3. The number of carbonyl (C=O) groups excluding carboxylic acids is 2. The molecule has 2 aromatic rings. The zero-order chi connectivity index (χ0) is 42.5. The number of hydrogen-bond donors (Lipinski definition) is 0. The number of unbranched alkanes of at least 4 members (excludes halogenated alkanes) is 7. The van der Waals surface area contributed by atoms with Crippen molar-refractivity contribution in [3.63, 3.8) is 0 Å².